The molecule has 3 heteroatoms. The van der Waals surface area contributed by atoms with E-state index >= 15 is 0 Å². The first-order chi connectivity index (χ1) is 14.2. The van der Waals surface area contributed by atoms with Crippen LogP contribution in [0.3, 0.4) is 0 Å². The highest BCUT2D eigenvalue weighted by Crippen LogP contribution is 2.45. The molecule has 0 bridgehead atoms. The summed E-state index contributed by atoms with van der Waals surface area (Å²) in [5.74, 6) is 0. The van der Waals surface area contributed by atoms with Crippen molar-refractivity contribution in [1.82, 2.24) is 14.7 Å². The van der Waals surface area contributed by atoms with E-state index in [9.17, 15) is 0 Å². The van der Waals surface area contributed by atoms with Crippen LogP contribution in [0.25, 0.3) is 0 Å². The van der Waals surface area contributed by atoms with E-state index in [2.05, 4.69) is 139 Å². The molecule has 1 aliphatic heterocycles. The average molecular weight is 466 g/mol. The maximum Gasteiger partial charge on any atom is 0.0536 e. The van der Waals surface area contributed by atoms with Crippen LogP contribution in [-0.4, -0.2) is 52.8 Å². The summed E-state index contributed by atoms with van der Waals surface area (Å²) in [4.78, 5) is 8.45. The molecule has 0 radical (unpaired) electrons. The summed E-state index contributed by atoms with van der Waals surface area (Å²) in [7, 11) is 0. The Kier molecular flexibility index (Phi) is 8.80. The highest BCUT2D eigenvalue weighted by atomic mass is 15.5. The highest BCUT2D eigenvalue weighted by Gasteiger charge is 2.49. The molecular formula is C30H63N3. The van der Waals surface area contributed by atoms with Gasteiger partial charge in [0.05, 0.1) is 20.0 Å². The van der Waals surface area contributed by atoms with Gasteiger partial charge < -0.3 is 0 Å². The lowest BCUT2D eigenvalue weighted by molar-refractivity contribution is -0.170. The molecule has 0 atom stereocenters. The number of rotatable bonds is 3. The quantitative estimate of drug-likeness (QED) is 0.416. The van der Waals surface area contributed by atoms with Gasteiger partial charge in [0.25, 0.3) is 0 Å². The van der Waals surface area contributed by atoms with Gasteiger partial charge in [-0.15, -0.1) is 0 Å². The summed E-state index contributed by atoms with van der Waals surface area (Å²) < 4.78 is 0. The first kappa shape index (κ1) is 30.9. The largest absolute Gasteiger partial charge is 0.273 e. The van der Waals surface area contributed by atoms with Crippen molar-refractivity contribution in [2.45, 2.75) is 143 Å². The van der Waals surface area contributed by atoms with E-state index in [-0.39, 0.29) is 32.5 Å². The molecule has 1 aliphatic rings. The molecule has 1 heterocycles. The van der Waals surface area contributed by atoms with Gasteiger partial charge in [-0.05, 0) is 32.5 Å². The molecule has 1 fully saturated rings. The summed E-state index contributed by atoms with van der Waals surface area (Å²) in [5.41, 5.74) is 1.20. The van der Waals surface area contributed by atoms with Crippen molar-refractivity contribution in [2.24, 2.45) is 32.5 Å². The fourth-order valence-corrected chi connectivity index (χ4v) is 8.51. The molecule has 0 aromatic rings. The van der Waals surface area contributed by atoms with Crippen molar-refractivity contribution in [3.63, 3.8) is 0 Å². The summed E-state index contributed by atoms with van der Waals surface area (Å²) in [6, 6.07) is 1.45. The van der Waals surface area contributed by atoms with E-state index in [1.54, 1.807) is 0 Å². The second-order valence-electron chi connectivity index (χ2n) is 17.6. The van der Waals surface area contributed by atoms with Crippen LogP contribution in [0.4, 0.5) is 0 Å². The molecule has 0 N–H and O–H groups in total. The fourth-order valence-electron chi connectivity index (χ4n) is 8.51. The lowest BCUT2D eigenvalue weighted by Crippen LogP contribution is -2.70. The molecule has 1 saturated heterocycles. The number of hydrogen-bond donors (Lipinski definition) is 0. The highest BCUT2D eigenvalue weighted by molar-refractivity contribution is 5.00. The van der Waals surface area contributed by atoms with E-state index in [1.807, 2.05) is 0 Å². The van der Waals surface area contributed by atoms with Crippen molar-refractivity contribution >= 4 is 0 Å². The molecule has 198 valence electrons. The van der Waals surface area contributed by atoms with E-state index in [0.29, 0.717) is 18.1 Å². The molecule has 0 unspecified atom stereocenters. The topological polar surface area (TPSA) is 9.72 Å². The monoisotopic (exact) mass is 466 g/mol. The van der Waals surface area contributed by atoms with E-state index < -0.39 is 0 Å². The summed E-state index contributed by atoms with van der Waals surface area (Å²) in [5, 5.41) is 0. The van der Waals surface area contributed by atoms with E-state index in [0.717, 1.165) is 20.0 Å². The second-order valence-corrected chi connectivity index (χ2v) is 17.6. The Morgan fingerprint density at radius 2 is 0.424 bits per heavy atom. The number of hydrogen-bond acceptors (Lipinski definition) is 3. The molecular weight excluding hydrogens is 402 g/mol. The van der Waals surface area contributed by atoms with Gasteiger partial charge in [0.2, 0.25) is 0 Å². The van der Waals surface area contributed by atoms with Gasteiger partial charge >= 0.3 is 0 Å². The summed E-state index contributed by atoms with van der Waals surface area (Å²) in [6.07, 6.45) is 0. The van der Waals surface area contributed by atoms with Crippen molar-refractivity contribution in [3.8, 4) is 0 Å². The summed E-state index contributed by atoms with van der Waals surface area (Å²) >= 11 is 0. The van der Waals surface area contributed by atoms with Gasteiger partial charge in [-0.1, -0.05) is 125 Å². The van der Waals surface area contributed by atoms with E-state index in [1.165, 1.54) is 0 Å². The summed E-state index contributed by atoms with van der Waals surface area (Å²) in [6.45, 7) is 46.9. The molecule has 33 heavy (non-hydrogen) atoms. The minimum Gasteiger partial charge on any atom is -0.273 e. The van der Waals surface area contributed by atoms with Crippen LogP contribution in [0, 0.1) is 32.5 Å². The molecule has 0 saturated carbocycles. The molecule has 1 rings (SSSR count). The van der Waals surface area contributed by atoms with Crippen LogP contribution < -0.4 is 0 Å². The smallest absolute Gasteiger partial charge is 0.0536 e. The van der Waals surface area contributed by atoms with Crippen LogP contribution in [0.5, 0.6) is 0 Å². The van der Waals surface area contributed by atoms with Gasteiger partial charge in [0.1, 0.15) is 0 Å². The van der Waals surface area contributed by atoms with Crippen LogP contribution in [0.15, 0.2) is 0 Å². The van der Waals surface area contributed by atoms with Gasteiger partial charge in [-0.3, -0.25) is 14.7 Å². The van der Waals surface area contributed by atoms with Gasteiger partial charge in [-0.2, -0.15) is 0 Å². The lowest BCUT2D eigenvalue weighted by Gasteiger charge is -2.60. The Labute approximate surface area is 210 Å². The van der Waals surface area contributed by atoms with Crippen LogP contribution >= 0.6 is 0 Å². The van der Waals surface area contributed by atoms with Crippen molar-refractivity contribution in [1.29, 1.82) is 0 Å². The molecule has 3 nitrogen and oxygen atoms in total. The lowest BCUT2D eigenvalue weighted by atomic mass is 9.69. The van der Waals surface area contributed by atoms with Crippen LogP contribution in [0.1, 0.15) is 125 Å². The molecule has 0 spiro atoms. The first-order valence-corrected chi connectivity index (χ1v) is 13.4. The van der Waals surface area contributed by atoms with Crippen molar-refractivity contribution in [2.75, 3.05) is 20.0 Å². The van der Waals surface area contributed by atoms with E-state index in [4.69, 9.17) is 0 Å². The minimum absolute atomic E-state index is 0.199. The third-order valence-electron chi connectivity index (χ3n) is 7.11. The number of nitrogens with zero attached hydrogens (tertiary/aromatic N) is 3. The standard InChI is InChI=1S/C30H63N3/c1-25(2,3)22(26(4,5)6)31-19-32(23(27(7,8)9)28(10,11)12)21-33(20-31)24(29(13,14)15)30(16,17)18/h22-24H,19-21H2,1-18H3. The molecule has 0 aliphatic carbocycles. The molecule has 0 aromatic carbocycles. The normalized spacial score (nSPS) is 19.9. The average Bonchev–Trinajstić information content (AvgIpc) is 2.35. The third-order valence-corrected chi connectivity index (χ3v) is 7.11. The molecule has 0 amide bonds. The third kappa shape index (κ3) is 7.94. The Morgan fingerprint density at radius 1 is 0.303 bits per heavy atom. The fraction of sp³-hybridized carbons (Fsp3) is 1.00. The zero-order chi connectivity index (χ0) is 26.6. The van der Waals surface area contributed by atoms with Gasteiger partial charge in [0.15, 0.2) is 0 Å². The Balaban J connectivity index is 3.71. The Morgan fingerprint density at radius 3 is 0.515 bits per heavy atom. The Hall–Kier alpha value is -0.120. The van der Waals surface area contributed by atoms with Crippen molar-refractivity contribution < 1.29 is 0 Å². The SMILES string of the molecule is CC(C)(C)C(N1CN(C(C(C)(C)C)C(C)(C)C)CN(C(C(C)(C)C)C(C)(C)C)C1)C(C)(C)C. The second kappa shape index (κ2) is 9.40. The maximum atomic E-state index is 2.82. The zero-order valence-corrected chi connectivity index (χ0v) is 26.2. The molecule has 0 aromatic heterocycles. The minimum atomic E-state index is 0.199. The van der Waals surface area contributed by atoms with Crippen molar-refractivity contribution in [3.05, 3.63) is 0 Å². The van der Waals surface area contributed by atoms with Crippen LogP contribution in [-0.2, 0) is 0 Å². The first-order valence-electron chi connectivity index (χ1n) is 13.4. The van der Waals surface area contributed by atoms with Gasteiger partial charge in [-0.25, -0.2) is 0 Å². The Bertz CT molecular complexity index is 484. The predicted molar refractivity (Wildman–Crippen MR) is 148 cm³/mol. The predicted octanol–water partition coefficient (Wildman–Crippen LogP) is 8.16. The zero-order valence-electron chi connectivity index (χ0n) is 26.2. The van der Waals surface area contributed by atoms with Crippen LogP contribution in [0.2, 0.25) is 0 Å². The maximum absolute atomic E-state index is 2.82. The van der Waals surface area contributed by atoms with Gasteiger partial charge in [0, 0.05) is 18.1 Å².